The number of hydrogen-bond donors (Lipinski definition) is 0. The van der Waals surface area contributed by atoms with Crippen LogP contribution in [0, 0.1) is 0 Å². The van der Waals surface area contributed by atoms with Gasteiger partial charge in [-0.15, -0.1) is 0 Å². The number of methoxy groups -OCH3 is 4. The molecule has 5 nitrogen and oxygen atoms in total. The third kappa shape index (κ3) is 7.68. The number of ether oxygens (including phenoxy) is 4. The highest BCUT2D eigenvalue weighted by Crippen LogP contribution is 2.08. The molecule has 0 aliphatic heterocycles. The smallest absolute Gasteiger partial charge is 0.162 e. The minimum absolute atomic E-state index is 0.118. The lowest BCUT2D eigenvalue weighted by atomic mass is 10.3. The molecule has 0 atom stereocenters. The van der Waals surface area contributed by atoms with Gasteiger partial charge in [0.25, 0.3) is 0 Å². The van der Waals surface area contributed by atoms with Gasteiger partial charge in [-0.2, -0.15) is 0 Å². The maximum Gasteiger partial charge on any atom is 0.162 e. The van der Waals surface area contributed by atoms with Crippen LogP contribution in [0.15, 0.2) is 0 Å². The molecule has 0 aliphatic carbocycles. The second-order valence-corrected chi connectivity index (χ2v) is 4.76. The van der Waals surface area contributed by atoms with Crippen molar-refractivity contribution < 1.29 is 23.4 Å². The molecule has 0 fully saturated rings. The molecule has 0 saturated heterocycles. The number of quaternary nitrogens is 1. The van der Waals surface area contributed by atoms with Gasteiger partial charge in [-0.05, 0) is 0 Å². The first kappa shape index (κ1) is 16.8. The van der Waals surface area contributed by atoms with Crippen LogP contribution in [-0.4, -0.2) is 72.7 Å². The zero-order valence-electron chi connectivity index (χ0n) is 12.1. The SMILES string of the molecule is COC(CC[N+](C)(C)CCC(OC)OC)OC. The molecule has 0 heterocycles. The van der Waals surface area contributed by atoms with Gasteiger partial charge in [0, 0.05) is 41.3 Å². The standard InChI is InChI=1S/C12H28NO4/c1-13(2,9-7-11(14-3)15-4)10-8-12(16-5)17-6/h11-12H,7-10H2,1-6H3/q+1. The van der Waals surface area contributed by atoms with E-state index in [1.807, 2.05) is 0 Å². The summed E-state index contributed by atoms with van der Waals surface area (Å²) in [5.74, 6) is 0. The summed E-state index contributed by atoms with van der Waals surface area (Å²) in [4.78, 5) is 0. The van der Waals surface area contributed by atoms with Gasteiger partial charge in [0.15, 0.2) is 12.6 Å². The summed E-state index contributed by atoms with van der Waals surface area (Å²) in [5, 5.41) is 0. The summed E-state index contributed by atoms with van der Waals surface area (Å²) in [6, 6.07) is 0. The van der Waals surface area contributed by atoms with Crippen molar-refractivity contribution >= 4 is 0 Å². The molecule has 0 N–H and O–H groups in total. The van der Waals surface area contributed by atoms with Crippen molar-refractivity contribution in [2.45, 2.75) is 25.4 Å². The summed E-state index contributed by atoms with van der Waals surface area (Å²) >= 11 is 0. The van der Waals surface area contributed by atoms with E-state index in [4.69, 9.17) is 18.9 Å². The van der Waals surface area contributed by atoms with Crippen molar-refractivity contribution in [1.82, 2.24) is 0 Å². The first-order valence-electron chi connectivity index (χ1n) is 5.92. The summed E-state index contributed by atoms with van der Waals surface area (Å²) in [6.45, 7) is 1.99. The minimum atomic E-state index is -0.118. The van der Waals surface area contributed by atoms with Crippen molar-refractivity contribution in [1.29, 1.82) is 0 Å². The molecule has 0 saturated carbocycles. The zero-order chi connectivity index (χ0) is 13.3. The van der Waals surface area contributed by atoms with Crippen LogP contribution in [0.25, 0.3) is 0 Å². The molecule has 0 amide bonds. The molecule has 0 rings (SSSR count). The van der Waals surface area contributed by atoms with Gasteiger partial charge in [-0.1, -0.05) is 0 Å². The predicted molar refractivity (Wildman–Crippen MR) is 66.7 cm³/mol. The maximum atomic E-state index is 5.18. The molecule has 0 aromatic carbocycles. The Morgan fingerprint density at radius 1 is 0.706 bits per heavy atom. The normalized spacial score (nSPS) is 12.7. The lowest BCUT2D eigenvalue weighted by Gasteiger charge is -2.32. The minimum Gasteiger partial charge on any atom is -0.356 e. The molecule has 0 aromatic rings. The second-order valence-electron chi connectivity index (χ2n) is 4.76. The van der Waals surface area contributed by atoms with Gasteiger partial charge < -0.3 is 23.4 Å². The van der Waals surface area contributed by atoms with Crippen molar-refractivity contribution in [3.8, 4) is 0 Å². The molecular formula is C12H28NO4+. The molecule has 0 aliphatic rings. The van der Waals surface area contributed by atoms with Gasteiger partial charge in [-0.3, -0.25) is 0 Å². The van der Waals surface area contributed by atoms with Crippen LogP contribution >= 0.6 is 0 Å². The van der Waals surface area contributed by atoms with E-state index in [-0.39, 0.29) is 12.6 Å². The van der Waals surface area contributed by atoms with Crippen LogP contribution < -0.4 is 0 Å². The van der Waals surface area contributed by atoms with Crippen LogP contribution in [-0.2, 0) is 18.9 Å². The van der Waals surface area contributed by atoms with Crippen LogP contribution in [0.5, 0.6) is 0 Å². The Morgan fingerprint density at radius 3 is 1.24 bits per heavy atom. The van der Waals surface area contributed by atoms with Crippen molar-refractivity contribution in [3.05, 3.63) is 0 Å². The molecule has 17 heavy (non-hydrogen) atoms. The molecule has 0 aromatic heterocycles. The lowest BCUT2D eigenvalue weighted by Crippen LogP contribution is -2.44. The Morgan fingerprint density at radius 2 is 1.00 bits per heavy atom. The summed E-state index contributed by atoms with van der Waals surface area (Å²) in [5.41, 5.74) is 0. The van der Waals surface area contributed by atoms with E-state index in [1.54, 1.807) is 28.4 Å². The van der Waals surface area contributed by atoms with Gasteiger partial charge in [0.2, 0.25) is 0 Å². The molecule has 0 radical (unpaired) electrons. The van der Waals surface area contributed by atoms with Crippen LogP contribution in [0.4, 0.5) is 0 Å². The molecular weight excluding hydrogens is 222 g/mol. The Labute approximate surface area is 105 Å². The number of nitrogens with zero attached hydrogens (tertiary/aromatic N) is 1. The number of rotatable bonds is 10. The van der Waals surface area contributed by atoms with E-state index >= 15 is 0 Å². The monoisotopic (exact) mass is 250 g/mol. The Hall–Kier alpha value is -0.200. The maximum absolute atomic E-state index is 5.18. The average molecular weight is 250 g/mol. The summed E-state index contributed by atoms with van der Waals surface area (Å²) < 4.78 is 21.6. The van der Waals surface area contributed by atoms with E-state index in [1.165, 1.54) is 0 Å². The van der Waals surface area contributed by atoms with E-state index in [0.29, 0.717) is 0 Å². The highest BCUT2D eigenvalue weighted by Gasteiger charge is 2.20. The highest BCUT2D eigenvalue weighted by molar-refractivity contribution is 4.47. The first-order valence-corrected chi connectivity index (χ1v) is 5.92. The molecule has 5 heteroatoms. The lowest BCUT2D eigenvalue weighted by molar-refractivity contribution is -0.892. The third-order valence-corrected chi connectivity index (χ3v) is 2.99. The van der Waals surface area contributed by atoms with E-state index in [0.717, 1.165) is 30.4 Å². The van der Waals surface area contributed by atoms with E-state index < -0.39 is 0 Å². The third-order valence-electron chi connectivity index (χ3n) is 2.99. The van der Waals surface area contributed by atoms with Crippen molar-refractivity contribution in [3.63, 3.8) is 0 Å². The fourth-order valence-electron chi connectivity index (χ4n) is 1.69. The van der Waals surface area contributed by atoms with Crippen LogP contribution in [0.2, 0.25) is 0 Å². The molecule has 0 spiro atoms. The fourth-order valence-corrected chi connectivity index (χ4v) is 1.69. The van der Waals surface area contributed by atoms with E-state index in [2.05, 4.69) is 14.1 Å². The van der Waals surface area contributed by atoms with Gasteiger partial charge in [-0.25, -0.2) is 0 Å². The Balaban J connectivity index is 3.93. The molecule has 0 bridgehead atoms. The zero-order valence-corrected chi connectivity index (χ0v) is 12.1. The fraction of sp³-hybridized carbons (Fsp3) is 1.00. The second kappa shape index (κ2) is 8.83. The van der Waals surface area contributed by atoms with Crippen LogP contribution in [0.1, 0.15) is 12.8 Å². The van der Waals surface area contributed by atoms with Crippen LogP contribution in [0.3, 0.4) is 0 Å². The van der Waals surface area contributed by atoms with Gasteiger partial charge in [0.1, 0.15) is 0 Å². The average Bonchev–Trinajstić information content (AvgIpc) is 2.31. The predicted octanol–water partition coefficient (Wildman–Crippen LogP) is 1.08. The number of hydrogen-bond acceptors (Lipinski definition) is 4. The Kier molecular flexibility index (Phi) is 8.72. The highest BCUT2D eigenvalue weighted by atomic mass is 16.7. The van der Waals surface area contributed by atoms with Gasteiger partial charge >= 0.3 is 0 Å². The van der Waals surface area contributed by atoms with Crippen molar-refractivity contribution in [2.24, 2.45) is 0 Å². The largest absolute Gasteiger partial charge is 0.356 e. The van der Waals surface area contributed by atoms with Crippen molar-refractivity contribution in [2.75, 3.05) is 55.6 Å². The van der Waals surface area contributed by atoms with Gasteiger partial charge in [0.05, 0.1) is 27.2 Å². The summed E-state index contributed by atoms with van der Waals surface area (Å²) in [7, 11) is 11.0. The quantitative estimate of drug-likeness (QED) is 0.429. The first-order chi connectivity index (χ1) is 7.99. The molecule has 0 unspecified atom stereocenters. The Bertz CT molecular complexity index is 161. The molecule has 104 valence electrons. The van der Waals surface area contributed by atoms with E-state index in [9.17, 15) is 0 Å². The topological polar surface area (TPSA) is 36.9 Å². The summed E-state index contributed by atoms with van der Waals surface area (Å²) in [6.07, 6.45) is 1.52.